The number of halogens is 1. The van der Waals surface area contributed by atoms with Gasteiger partial charge >= 0.3 is 0 Å². The van der Waals surface area contributed by atoms with E-state index in [2.05, 4.69) is 15.9 Å². The molecule has 1 aliphatic rings. The average Bonchev–Trinajstić information content (AvgIpc) is 3.14. The van der Waals surface area contributed by atoms with E-state index in [-0.39, 0.29) is 41.0 Å². The van der Waals surface area contributed by atoms with Crippen molar-refractivity contribution < 1.29 is 26.3 Å². The van der Waals surface area contributed by atoms with Crippen molar-refractivity contribution in [3.63, 3.8) is 0 Å². The maximum Gasteiger partial charge on any atom is 0.252 e. The molecular weight excluding hydrogens is 492 g/mol. The number of benzene rings is 1. The Kier molecular flexibility index (Phi) is 6.37. The summed E-state index contributed by atoms with van der Waals surface area (Å²) in [7, 11) is -4.66. The number of hydrogen-bond donors (Lipinski definition) is 0. The van der Waals surface area contributed by atoms with Crippen LogP contribution in [0.2, 0.25) is 0 Å². The molecule has 0 N–H and O–H groups in total. The first-order valence-corrected chi connectivity index (χ1v) is 12.7. The van der Waals surface area contributed by atoms with Gasteiger partial charge in [-0.05, 0) is 40.2 Å². The van der Waals surface area contributed by atoms with Crippen molar-refractivity contribution in [3.8, 4) is 11.5 Å². The topological polar surface area (TPSA) is 93.2 Å². The Balaban J connectivity index is 1.81. The van der Waals surface area contributed by atoms with Gasteiger partial charge in [0.2, 0.25) is 10.0 Å². The molecule has 1 fully saturated rings. The summed E-state index contributed by atoms with van der Waals surface area (Å²) in [6, 6.07) is 7.75. The van der Waals surface area contributed by atoms with E-state index in [1.54, 1.807) is 12.1 Å². The lowest BCUT2D eigenvalue weighted by Crippen LogP contribution is -2.50. The molecule has 0 atom stereocenters. The number of thiophene rings is 1. The van der Waals surface area contributed by atoms with Gasteiger partial charge in [0.25, 0.3) is 10.0 Å². The predicted molar refractivity (Wildman–Crippen MR) is 109 cm³/mol. The van der Waals surface area contributed by atoms with Crippen LogP contribution >= 0.6 is 27.3 Å². The Bertz CT molecular complexity index is 1060. The highest BCUT2D eigenvalue weighted by molar-refractivity contribution is 9.11. The highest BCUT2D eigenvalue weighted by Crippen LogP contribution is 2.32. The highest BCUT2D eigenvalue weighted by atomic mass is 79.9. The largest absolute Gasteiger partial charge is 0.497 e. The highest BCUT2D eigenvalue weighted by Gasteiger charge is 2.35. The Morgan fingerprint density at radius 1 is 0.893 bits per heavy atom. The van der Waals surface area contributed by atoms with E-state index in [4.69, 9.17) is 9.47 Å². The van der Waals surface area contributed by atoms with E-state index in [9.17, 15) is 16.8 Å². The summed E-state index contributed by atoms with van der Waals surface area (Å²) in [4.78, 5) is -0.00663. The first-order valence-electron chi connectivity index (χ1n) is 8.18. The molecule has 1 aromatic carbocycles. The minimum absolute atomic E-state index is 0.00663. The quantitative estimate of drug-likeness (QED) is 0.591. The van der Waals surface area contributed by atoms with Crippen LogP contribution in [0.15, 0.2) is 43.2 Å². The normalized spacial score (nSPS) is 16.8. The molecule has 0 radical (unpaired) electrons. The molecule has 1 aromatic heterocycles. The van der Waals surface area contributed by atoms with Crippen LogP contribution in [0.25, 0.3) is 0 Å². The van der Waals surface area contributed by atoms with Gasteiger partial charge in [0.05, 0.1) is 18.0 Å². The molecule has 8 nitrogen and oxygen atoms in total. The Morgan fingerprint density at radius 3 is 2.00 bits per heavy atom. The lowest BCUT2D eigenvalue weighted by Gasteiger charge is -2.33. The predicted octanol–water partition coefficient (Wildman–Crippen LogP) is 2.22. The zero-order valence-electron chi connectivity index (χ0n) is 15.2. The first-order chi connectivity index (χ1) is 13.2. The number of ether oxygens (including phenoxy) is 2. The zero-order chi connectivity index (χ0) is 20.5. The van der Waals surface area contributed by atoms with Gasteiger partial charge in [-0.2, -0.15) is 8.61 Å². The number of hydrogen-bond acceptors (Lipinski definition) is 7. The van der Waals surface area contributed by atoms with Gasteiger partial charge in [-0.25, -0.2) is 16.8 Å². The molecule has 0 saturated carbocycles. The van der Waals surface area contributed by atoms with E-state index in [0.717, 1.165) is 15.1 Å². The average molecular weight is 511 g/mol. The Hall–Kier alpha value is -1.18. The fourth-order valence-electron chi connectivity index (χ4n) is 2.84. The van der Waals surface area contributed by atoms with Gasteiger partial charge < -0.3 is 9.47 Å². The second kappa shape index (κ2) is 8.28. The van der Waals surface area contributed by atoms with Crippen molar-refractivity contribution in [1.82, 2.24) is 8.61 Å². The van der Waals surface area contributed by atoms with Crippen LogP contribution in [-0.2, 0) is 20.0 Å². The summed E-state index contributed by atoms with van der Waals surface area (Å²) in [6.45, 7) is 0.246. The van der Waals surface area contributed by atoms with E-state index < -0.39 is 20.0 Å². The first kappa shape index (κ1) is 21.5. The number of methoxy groups -OCH3 is 2. The third-order valence-corrected chi connectivity index (χ3v) is 10.2. The molecule has 2 aromatic rings. The van der Waals surface area contributed by atoms with Gasteiger partial charge in [0.1, 0.15) is 20.6 Å². The molecule has 0 bridgehead atoms. The number of nitrogens with zero attached hydrogens (tertiary/aromatic N) is 2. The molecule has 154 valence electrons. The van der Waals surface area contributed by atoms with Crippen LogP contribution < -0.4 is 9.47 Å². The molecule has 0 unspecified atom stereocenters. The molecule has 12 heteroatoms. The molecule has 0 spiro atoms. The summed E-state index contributed by atoms with van der Waals surface area (Å²) in [5.74, 6) is 0.600. The molecule has 3 rings (SSSR count). The Morgan fingerprint density at radius 2 is 1.50 bits per heavy atom. The zero-order valence-corrected chi connectivity index (χ0v) is 19.2. The van der Waals surface area contributed by atoms with Crippen LogP contribution in [0.5, 0.6) is 11.5 Å². The monoisotopic (exact) mass is 510 g/mol. The summed E-state index contributed by atoms with van der Waals surface area (Å²) in [6.07, 6.45) is 0. The molecule has 0 aliphatic carbocycles. The molecule has 1 saturated heterocycles. The maximum atomic E-state index is 13.1. The second-order valence-electron chi connectivity index (χ2n) is 5.88. The molecule has 0 amide bonds. The lowest BCUT2D eigenvalue weighted by molar-refractivity contribution is 0.272. The van der Waals surface area contributed by atoms with E-state index in [1.165, 1.54) is 41.0 Å². The van der Waals surface area contributed by atoms with Gasteiger partial charge in [0, 0.05) is 32.2 Å². The maximum absolute atomic E-state index is 13.1. The number of sulfonamides is 2. The number of piperazine rings is 1. The van der Waals surface area contributed by atoms with Crippen LogP contribution in [0.3, 0.4) is 0 Å². The summed E-state index contributed by atoms with van der Waals surface area (Å²) in [5.41, 5.74) is 0. The second-order valence-corrected chi connectivity index (χ2v) is 12.4. The Labute approximate surface area is 176 Å². The van der Waals surface area contributed by atoms with Crippen molar-refractivity contribution in [3.05, 3.63) is 34.1 Å². The fraction of sp³-hybridized carbons (Fsp3) is 0.375. The van der Waals surface area contributed by atoms with Crippen molar-refractivity contribution in [1.29, 1.82) is 0 Å². The summed E-state index contributed by atoms with van der Waals surface area (Å²) >= 11 is 4.39. The van der Waals surface area contributed by atoms with Gasteiger partial charge in [0.15, 0.2) is 0 Å². The van der Waals surface area contributed by atoms with E-state index in [1.807, 2.05) is 0 Å². The fourth-order valence-corrected chi connectivity index (χ4v) is 8.02. The molecule has 1 aliphatic heterocycles. The van der Waals surface area contributed by atoms with E-state index in [0.29, 0.717) is 5.75 Å². The lowest BCUT2D eigenvalue weighted by atomic mass is 10.3. The number of rotatable bonds is 6. The molecule has 28 heavy (non-hydrogen) atoms. The van der Waals surface area contributed by atoms with E-state index >= 15 is 0 Å². The van der Waals surface area contributed by atoms with Gasteiger partial charge in [-0.1, -0.05) is 0 Å². The molecule has 2 heterocycles. The van der Waals surface area contributed by atoms with Crippen LogP contribution in [0.4, 0.5) is 0 Å². The van der Waals surface area contributed by atoms with Crippen molar-refractivity contribution in [2.75, 3.05) is 40.4 Å². The van der Waals surface area contributed by atoms with Crippen molar-refractivity contribution in [2.24, 2.45) is 0 Å². The molecular formula is C16H19BrN2O6S3. The SMILES string of the molecule is COc1ccc(OC)c(S(=O)(=O)N2CCN(S(=O)(=O)c3ccc(Br)s3)CC2)c1. The summed E-state index contributed by atoms with van der Waals surface area (Å²) < 4.78 is 65.4. The van der Waals surface area contributed by atoms with Crippen molar-refractivity contribution >= 4 is 47.3 Å². The summed E-state index contributed by atoms with van der Waals surface area (Å²) in [5, 5.41) is 0. The third-order valence-electron chi connectivity index (χ3n) is 4.33. The minimum atomic E-state index is -3.86. The van der Waals surface area contributed by atoms with Crippen LogP contribution in [-0.4, -0.2) is 65.8 Å². The van der Waals surface area contributed by atoms with Crippen LogP contribution in [0, 0.1) is 0 Å². The smallest absolute Gasteiger partial charge is 0.252 e. The standard InChI is InChI=1S/C16H19BrN2O6S3/c1-24-12-3-4-13(25-2)14(11-12)27(20,21)18-7-9-19(10-8-18)28(22,23)16-6-5-15(17)26-16/h3-6,11H,7-10H2,1-2H3. The third kappa shape index (κ3) is 4.07. The van der Waals surface area contributed by atoms with Gasteiger partial charge in [-0.3, -0.25) is 0 Å². The van der Waals surface area contributed by atoms with Crippen LogP contribution in [0.1, 0.15) is 0 Å². The minimum Gasteiger partial charge on any atom is -0.497 e. The van der Waals surface area contributed by atoms with Gasteiger partial charge in [-0.15, -0.1) is 11.3 Å². The van der Waals surface area contributed by atoms with Crippen molar-refractivity contribution in [2.45, 2.75) is 9.10 Å².